The molecule has 0 heterocycles. The molecule has 2 heteroatoms. The van der Waals surface area contributed by atoms with Gasteiger partial charge in [-0.25, -0.2) is 0 Å². The van der Waals surface area contributed by atoms with E-state index in [0.29, 0.717) is 5.92 Å². The predicted octanol–water partition coefficient (Wildman–Crippen LogP) is 8.02. The third-order valence-electron chi connectivity index (χ3n) is 8.33. The number of alkyl halides is 1. The second-order valence-electron chi connectivity index (χ2n) is 10.1. The van der Waals surface area contributed by atoms with Crippen LogP contribution in [-0.4, -0.2) is 6.67 Å². The molecule has 158 valence electrons. The van der Waals surface area contributed by atoms with Crippen LogP contribution >= 0.6 is 0 Å². The van der Waals surface area contributed by atoms with Crippen LogP contribution in [0.4, 0.5) is 4.39 Å². The average Bonchev–Trinajstić information content (AvgIpc) is 2.77. The van der Waals surface area contributed by atoms with E-state index in [1.165, 1.54) is 64.2 Å². The molecule has 28 heavy (non-hydrogen) atoms. The molecule has 0 unspecified atom stereocenters. The first-order chi connectivity index (χ1) is 13.8. The summed E-state index contributed by atoms with van der Waals surface area (Å²) in [7, 11) is 0. The Kier molecular flexibility index (Phi) is 9.36. The SMILES string of the molecule is N#CC1CCC(C2CCC(C3CCC(C=CCCCCCF)CC3)CC2)CC1. The summed E-state index contributed by atoms with van der Waals surface area (Å²) in [5.41, 5.74) is 0. The zero-order valence-electron chi connectivity index (χ0n) is 18.0. The van der Waals surface area contributed by atoms with Gasteiger partial charge in [0.05, 0.1) is 12.7 Å². The molecule has 3 aliphatic rings. The van der Waals surface area contributed by atoms with E-state index < -0.39 is 0 Å². The van der Waals surface area contributed by atoms with Crippen LogP contribution in [-0.2, 0) is 0 Å². The Morgan fingerprint density at radius 3 is 1.68 bits per heavy atom. The van der Waals surface area contributed by atoms with Crippen molar-refractivity contribution in [2.24, 2.45) is 35.5 Å². The van der Waals surface area contributed by atoms with Crippen molar-refractivity contribution in [3.8, 4) is 6.07 Å². The van der Waals surface area contributed by atoms with Crippen molar-refractivity contribution in [3.05, 3.63) is 12.2 Å². The smallest absolute Gasteiger partial charge is 0.0894 e. The predicted molar refractivity (Wildman–Crippen MR) is 116 cm³/mol. The lowest BCUT2D eigenvalue weighted by molar-refractivity contribution is 0.113. The summed E-state index contributed by atoms with van der Waals surface area (Å²) < 4.78 is 12.1. The molecule has 0 aliphatic heterocycles. The highest BCUT2D eigenvalue weighted by atomic mass is 19.1. The van der Waals surface area contributed by atoms with Gasteiger partial charge < -0.3 is 0 Å². The molecule has 0 radical (unpaired) electrons. The molecule has 0 atom stereocenters. The van der Waals surface area contributed by atoms with Gasteiger partial charge in [0.15, 0.2) is 0 Å². The number of unbranched alkanes of at least 4 members (excludes halogenated alkanes) is 3. The Labute approximate surface area is 173 Å². The minimum atomic E-state index is -0.155. The van der Waals surface area contributed by atoms with Gasteiger partial charge in [0.1, 0.15) is 0 Å². The van der Waals surface area contributed by atoms with Gasteiger partial charge in [0.2, 0.25) is 0 Å². The van der Waals surface area contributed by atoms with Gasteiger partial charge >= 0.3 is 0 Å². The fourth-order valence-electron chi connectivity index (χ4n) is 6.44. The van der Waals surface area contributed by atoms with Crippen molar-refractivity contribution < 1.29 is 4.39 Å². The number of hydrogen-bond donors (Lipinski definition) is 0. The minimum Gasteiger partial charge on any atom is -0.251 e. The summed E-state index contributed by atoms with van der Waals surface area (Å²) in [5.74, 6) is 5.04. The van der Waals surface area contributed by atoms with E-state index in [4.69, 9.17) is 5.26 Å². The topological polar surface area (TPSA) is 23.8 Å². The molecule has 0 saturated heterocycles. The van der Waals surface area contributed by atoms with Gasteiger partial charge in [-0.05, 0) is 126 Å². The van der Waals surface area contributed by atoms with Crippen LogP contribution < -0.4 is 0 Å². The van der Waals surface area contributed by atoms with E-state index in [1.54, 1.807) is 0 Å². The standard InChI is InChI=1S/C26H42FN/c27-19-5-3-1-2-4-6-21-7-11-23(12-8-21)25-15-17-26(18-16-25)24-13-9-22(20-28)10-14-24/h4,6,21-26H,1-3,5,7-19H2. The first-order valence-corrected chi connectivity index (χ1v) is 12.4. The van der Waals surface area contributed by atoms with Crippen LogP contribution in [0.3, 0.4) is 0 Å². The number of nitrogens with zero attached hydrogens (tertiary/aromatic N) is 1. The Hall–Kier alpha value is -0.840. The Morgan fingerprint density at radius 2 is 1.18 bits per heavy atom. The molecule has 3 saturated carbocycles. The molecule has 0 N–H and O–H groups in total. The average molecular weight is 388 g/mol. The van der Waals surface area contributed by atoms with E-state index in [-0.39, 0.29) is 6.67 Å². The van der Waals surface area contributed by atoms with E-state index >= 15 is 0 Å². The van der Waals surface area contributed by atoms with Crippen molar-refractivity contribution in [2.45, 2.75) is 103 Å². The largest absolute Gasteiger partial charge is 0.251 e. The van der Waals surface area contributed by atoms with Gasteiger partial charge in [-0.2, -0.15) is 5.26 Å². The van der Waals surface area contributed by atoms with Gasteiger partial charge in [-0.15, -0.1) is 0 Å². The Morgan fingerprint density at radius 1 is 0.679 bits per heavy atom. The Bertz CT molecular complexity index is 483. The van der Waals surface area contributed by atoms with Crippen molar-refractivity contribution in [3.63, 3.8) is 0 Å². The lowest BCUT2D eigenvalue weighted by atomic mass is 9.65. The van der Waals surface area contributed by atoms with Gasteiger partial charge in [0, 0.05) is 5.92 Å². The molecule has 0 bridgehead atoms. The van der Waals surface area contributed by atoms with Gasteiger partial charge in [0.25, 0.3) is 0 Å². The highest BCUT2D eigenvalue weighted by Gasteiger charge is 2.34. The summed E-state index contributed by atoms with van der Waals surface area (Å²) in [4.78, 5) is 0. The maximum atomic E-state index is 12.1. The molecular formula is C26H42FN. The van der Waals surface area contributed by atoms with Crippen LogP contribution in [0.15, 0.2) is 12.2 Å². The van der Waals surface area contributed by atoms with E-state index in [9.17, 15) is 4.39 Å². The molecule has 0 spiro atoms. The van der Waals surface area contributed by atoms with Crippen LogP contribution in [0.5, 0.6) is 0 Å². The number of halogens is 1. The molecule has 0 aromatic carbocycles. The zero-order chi connectivity index (χ0) is 19.6. The Balaban J connectivity index is 1.30. The molecular weight excluding hydrogens is 345 g/mol. The van der Waals surface area contributed by atoms with Gasteiger partial charge in [-0.1, -0.05) is 18.6 Å². The van der Waals surface area contributed by atoms with E-state index in [1.807, 2.05) is 0 Å². The number of hydrogen-bond acceptors (Lipinski definition) is 1. The van der Waals surface area contributed by atoms with E-state index in [2.05, 4.69) is 18.2 Å². The molecule has 3 rings (SSSR count). The van der Waals surface area contributed by atoms with Crippen molar-refractivity contribution in [1.29, 1.82) is 5.26 Å². The second-order valence-corrected chi connectivity index (χ2v) is 10.1. The fraction of sp³-hybridized carbons (Fsp3) is 0.885. The molecule has 0 amide bonds. The van der Waals surface area contributed by atoms with Crippen molar-refractivity contribution in [1.82, 2.24) is 0 Å². The molecule has 3 aliphatic carbocycles. The summed E-state index contributed by atoms with van der Waals surface area (Å²) in [6.07, 6.45) is 25.4. The molecule has 3 fully saturated rings. The maximum absolute atomic E-state index is 12.1. The minimum absolute atomic E-state index is 0.155. The van der Waals surface area contributed by atoms with Crippen LogP contribution in [0.2, 0.25) is 0 Å². The highest BCUT2D eigenvalue weighted by molar-refractivity contribution is 4.93. The highest BCUT2D eigenvalue weighted by Crippen LogP contribution is 2.45. The summed E-state index contributed by atoms with van der Waals surface area (Å²) in [6, 6.07) is 2.49. The number of rotatable bonds is 8. The molecule has 1 nitrogen and oxygen atoms in total. The number of nitriles is 1. The van der Waals surface area contributed by atoms with Crippen LogP contribution in [0.25, 0.3) is 0 Å². The lowest BCUT2D eigenvalue weighted by Crippen LogP contribution is -2.29. The maximum Gasteiger partial charge on any atom is 0.0894 e. The van der Waals surface area contributed by atoms with Gasteiger partial charge in [-0.3, -0.25) is 4.39 Å². The molecule has 0 aromatic heterocycles. The fourth-order valence-corrected chi connectivity index (χ4v) is 6.44. The van der Waals surface area contributed by atoms with E-state index in [0.717, 1.165) is 68.1 Å². The van der Waals surface area contributed by atoms with Crippen LogP contribution in [0.1, 0.15) is 103 Å². The van der Waals surface area contributed by atoms with Crippen molar-refractivity contribution in [2.75, 3.05) is 6.67 Å². The number of allylic oxidation sites excluding steroid dienone is 2. The third-order valence-corrected chi connectivity index (χ3v) is 8.33. The first kappa shape index (κ1) is 21.9. The monoisotopic (exact) mass is 387 g/mol. The lowest BCUT2D eigenvalue weighted by Gasteiger charge is -2.40. The normalized spacial score (nSPS) is 37.0. The third kappa shape index (κ3) is 6.60. The summed E-state index contributed by atoms with van der Waals surface area (Å²) >= 11 is 0. The zero-order valence-corrected chi connectivity index (χ0v) is 18.0. The summed E-state index contributed by atoms with van der Waals surface area (Å²) in [5, 5.41) is 9.11. The molecule has 0 aromatic rings. The first-order valence-electron chi connectivity index (χ1n) is 12.4. The quantitative estimate of drug-likeness (QED) is 0.305. The second kappa shape index (κ2) is 12.0. The van der Waals surface area contributed by atoms with Crippen molar-refractivity contribution >= 4 is 0 Å². The summed E-state index contributed by atoms with van der Waals surface area (Å²) in [6.45, 7) is -0.155. The van der Waals surface area contributed by atoms with Crippen LogP contribution in [0, 0.1) is 46.8 Å².